The van der Waals surface area contributed by atoms with Crippen LogP contribution in [0.25, 0.3) is 10.9 Å². The van der Waals surface area contributed by atoms with Gasteiger partial charge in [0.15, 0.2) is 0 Å². The number of H-pyrrole nitrogens is 1. The first-order valence-corrected chi connectivity index (χ1v) is 8.12. The van der Waals surface area contributed by atoms with Crippen LogP contribution in [0.5, 0.6) is 11.8 Å². The van der Waals surface area contributed by atoms with Crippen molar-refractivity contribution in [2.45, 2.75) is 12.5 Å². The Morgan fingerprint density at radius 1 is 1.24 bits per heavy atom. The summed E-state index contributed by atoms with van der Waals surface area (Å²) < 4.78 is 11.0. The summed E-state index contributed by atoms with van der Waals surface area (Å²) >= 11 is 0. The summed E-state index contributed by atoms with van der Waals surface area (Å²) in [6.07, 6.45) is 5.60. The fourth-order valence-electron chi connectivity index (χ4n) is 3.06. The molecule has 3 aromatic rings. The number of carbonyl (C=O) groups excluding carboxylic acids is 1. The molecule has 0 aliphatic carbocycles. The number of aromatic amines is 1. The van der Waals surface area contributed by atoms with Crippen LogP contribution in [0.3, 0.4) is 0 Å². The lowest BCUT2D eigenvalue weighted by molar-refractivity contribution is 0.0770. The van der Waals surface area contributed by atoms with Crippen LogP contribution in [-0.2, 0) is 0 Å². The third-order valence-corrected chi connectivity index (χ3v) is 4.34. The standard InChI is InChI=1S/C18H18N4O3/c1-24-16-17(21-8-7-20-16)25-14-5-9-22(11-14)18(23)13-3-2-12-4-6-19-15(12)10-13/h2-4,6-8,10,14,19H,5,9,11H2,1H3/t14-/m0/s1. The van der Waals surface area contributed by atoms with Gasteiger partial charge in [-0.05, 0) is 23.6 Å². The predicted molar refractivity (Wildman–Crippen MR) is 91.8 cm³/mol. The number of hydrogen-bond acceptors (Lipinski definition) is 5. The maximum Gasteiger partial charge on any atom is 0.278 e. The van der Waals surface area contributed by atoms with Gasteiger partial charge in [0.2, 0.25) is 0 Å². The van der Waals surface area contributed by atoms with Gasteiger partial charge in [0.05, 0.1) is 13.7 Å². The summed E-state index contributed by atoms with van der Waals surface area (Å²) in [5.41, 5.74) is 1.63. The van der Waals surface area contributed by atoms with Crippen molar-refractivity contribution in [1.29, 1.82) is 0 Å². The Labute approximate surface area is 144 Å². The number of carbonyl (C=O) groups is 1. The molecule has 4 rings (SSSR count). The first-order valence-electron chi connectivity index (χ1n) is 8.12. The highest BCUT2D eigenvalue weighted by Crippen LogP contribution is 2.25. The molecule has 0 spiro atoms. The van der Waals surface area contributed by atoms with E-state index in [1.165, 1.54) is 7.11 Å². The van der Waals surface area contributed by atoms with Crippen molar-refractivity contribution in [3.05, 3.63) is 48.4 Å². The van der Waals surface area contributed by atoms with E-state index in [0.717, 1.165) is 17.3 Å². The number of rotatable bonds is 4. The lowest BCUT2D eigenvalue weighted by Gasteiger charge is -2.17. The number of amides is 1. The second kappa shape index (κ2) is 6.43. The number of fused-ring (bicyclic) bond motifs is 1. The lowest BCUT2D eigenvalue weighted by Crippen LogP contribution is -2.31. The van der Waals surface area contributed by atoms with Gasteiger partial charge in [0, 0.05) is 42.6 Å². The predicted octanol–water partition coefficient (Wildman–Crippen LogP) is 2.26. The Hall–Kier alpha value is -3.09. The molecule has 1 aliphatic heterocycles. The molecule has 7 heteroatoms. The molecule has 0 bridgehead atoms. The third kappa shape index (κ3) is 3.00. The van der Waals surface area contributed by atoms with Gasteiger partial charge in [-0.2, -0.15) is 0 Å². The first kappa shape index (κ1) is 15.4. The molecule has 0 saturated carbocycles. The van der Waals surface area contributed by atoms with Crippen molar-refractivity contribution in [2.75, 3.05) is 20.2 Å². The highest BCUT2D eigenvalue weighted by Gasteiger charge is 2.29. The minimum absolute atomic E-state index is 0.00807. The van der Waals surface area contributed by atoms with E-state index in [9.17, 15) is 4.79 Å². The fraction of sp³-hybridized carbons (Fsp3) is 0.278. The van der Waals surface area contributed by atoms with Gasteiger partial charge in [-0.3, -0.25) is 4.79 Å². The molecule has 3 heterocycles. The molecule has 2 aromatic heterocycles. The normalized spacial score (nSPS) is 17.0. The van der Waals surface area contributed by atoms with Crippen LogP contribution in [0.1, 0.15) is 16.8 Å². The second-order valence-electron chi connectivity index (χ2n) is 5.93. The maximum absolute atomic E-state index is 12.7. The molecule has 25 heavy (non-hydrogen) atoms. The van der Waals surface area contributed by atoms with Crippen LogP contribution < -0.4 is 9.47 Å². The lowest BCUT2D eigenvalue weighted by atomic mass is 10.1. The van der Waals surface area contributed by atoms with Gasteiger partial charge in [-0.15, -0.1) is 0 Å². The Bertz CT molecular complexity index is 908. The summed E-state index contributed by atoms with van der Waals surface area (Å²) in [5.74, 6) is 0.718. The molecule has 0 unspecified atom stereocenters. The quantitative estimate of drug-likeness (QED) is 0.789. The average molecular weight is 338 g/mol. The summed E-state index contributed by atoms with van der Waals surface area (Å²) in [6.45, 7) is 1.16. The molecular weight excluding hydrogens is 320 g/mol. The highest BCUT2D eigenvalue weighted by atomic mass is 16.5. The van der Waals surface area contributed by atoms with Crippen LogP contribution in [0.4, 0.5) is 0 Å². The van der Waals surface area contributed by atoms with E-state index in [1.807, 2.05) is 30.5 Å². The molecule has 7 nitrogen and oxygen atoms in total. The van der Waals surface area contributed by atoms with E-state index < -0.39 is 0 Å². The topological polar surface area (TPSA) is 80.3 Å². The number of aromatic nitrogens is 3. The van der Waals surface area contributed by atoms with Gasteiger partial charge in [-0.1, -0.05) is 6.07 Å². The summed E-state index contributed by atoms with van der Waals surface area (Å²) in [6, 6.07) is 7.68. The Morgan fingerprint density at radius 3 is 2.92 bits per heavy atom. The van der Waals surface area contributed by atoms with Gasteiger partial charge in [0.1, 0.15) is 6.10 Å². The summed E-state index contributed by atoms with van der Waals surface area (Å²) in [7, 11) is 1.53. The van der Waals surface area contributed by atoms with Crippen LogP contribution in [0.2, 0.25) is 0 Å². The summed E-state index contributed by atoms with van der Waals surface area (Å²) in [4.78, 5) is 25.9. The Morgan fingerprint density at radius 2 is 2.08 bits per heavy atom. The molecule has 1 N–H and O–H groups in total. The minimum Gasteiger partial charge on any atom is -0.477 e. The number of nitrogens with zero attached hydrogens (tertiary/aromatic N) is 3. The van der Waals surface area contributed by atoms with Crippen molar-refractivity contribution in [1.82, 2.24) is 19.9 Å². The first-order chi connectivity index (χ1) is 12.2. The minimum atomic E-state index is -0.122. The molecular formula is C18H18N4O3. The van der Waals surface area contributed by atoms with Crippen molar-refractivity contribution in [3.8, 4) is 11.8 Å². The molecule has 1 amide bonds. The van der Waals surface area contributed by atoms with Gasteiger partial charge in [-0.25, -0.2) is 9.97 Å². The van der Waals surface area contributed by atoms with E-state index in [1.54, 1.807) is 17.3 Å². The van der Waals surface area contributed by atoms with E-state index in [2.05, 4.69) is 15.0 Å². The average Bonchev–Trinajstić information content (AvgIpc) is 3.30. The van der Waals surface area contributed by atoms with E-state index in [0.29, 0.717) is 30.4 Å². The monoisotopic (exact) mass is 338 g/mol. The maximum atomic E-state index is 12.7. The van der Waals surface area contributed by atoms with Crippen LogP contribution in [0.15, 0.2) is 42.9 Å². The number of hydrogen-bond donors (Lipinski definition) is 1. The van der Waals surface area contributed by atoms with Gasteiger partial charge >= 0.3 is 0 Å². The van der Waals surface area contributed by atoms with Crippen molar-refractivity contribution in [3.63, 3.8) is 0 Å². The van der Waals surface area contributed by atoms with Gasteiger partial charge in [0.25, 0.3) is 17.7 Å². The molecule has 1 atom stereocenters. The number of benzene rings is 1. The van der Waals surface area contributed by atoms with Crippen molar-refractivity contribution in [2.24, 2.45) is 0 Å². The van der Waals surface area contributed by atoms with Crippen LogP contribution in [-0.4, -0.2) is 52.1 Å². The third-order valence-electron chi connectivity index (χ3n) is 4.34. The number of ether oxygens (including phenoxy) is 2. The number of nitrogens with one attached hydrogen (secondary N) is 1. The number of likely N-dealkylation sites (tertiary alicyclic amines) is 1. The fourth-order valence-corrected chi connectivity index (χ4v) is 3.06. The van der Waals surface area contributed by atoms with Crippen molar-refractivity contribution < 1.29 is 14.3 Å². The van der Waals surface area contributed by atoms with Crippen molar-refractivity contribution >= 4 is 16.8 Å². The Balaban J connectivity index is 1.45. The van der Waals surface area contributed by atoms with Crippen LogP contribution >= 0.6 is 0 Å². The zero-order valence-corrected chi connectivity index (χ0v) is 13.8. The Kier molecular flexibility index (Phi) is 3.97. The molecule has 128 valence electrons. The van der Waals surface area contributed by atoms with Crippen LogP contribution in [0, 0.1) is 0 Å². The smallest absolute Gasteiger partial charge is 0.278 e. The molecule has 1 aromatic carbocycles. The van der Waals surface area contributed by atoms with E-state index in [-0.39, 0.29) is 12.0 Å². The largest absolute Gasteiger partial charge is 0.477 e. The zero-order valence-electron chi connectivity index (χ0n) is 13.8. The molecule has 1 aliphatic rings. The van der Waals surface area contributed by atoms with E-state index >= 15 is 0 Å². The molecule has 1 saturated heterocycles. The zero-order chi connectivity index (χ0) is 17.2. The highest BCUT2D eigenvalue weighted by molar-refractivity contribution is 5.98. The second-order valence-corrected chi connectivity index (χ2v) is 5.93. The van der Waals surface area contributed by atoms with Gasteiger partial charge < -0.3 is 19.4 Å². The number of methoxy groups -OCH3 is 1. The van der Waals surface area contributed by atoms with E-state index in [4.69, 9.17) is 9.47 Å². The molecule has 0 radical (unpaired) electrons. The molecule has 1 fully saturated rings. The summed E-state index contributed by atoms with van der Waals surface area (Å²) in [5, 5.41) is 1.09. The SMILES string of the molecule is COc1nccnc1O[C@H]1CCN(C(=O)c2ccc3cc[nH]c3c2)C1.